The number of halogens is 1. The van der Waals surface area contributed by atoms with Gasteiger partial charge in [0, 0.05) is 0 Å². The number of allylic oxidation sites excluding steroid dienone is 1. The molecule has 25 heavy (non-hydrogen) atoms. The molecular formula is C21H16ClN2S. The normalized spacial score (nSPS) is 18.2. The summed E-state index contributed by atoms with van der Waals surface area (Å²) in [5.74, 6) is 0.218. The van der Waals surface area contributed by atoms with Crippen LogP contribution in [0.2, 0.25) is 5.15 Å². The number of aryl methyl sites for hydroxylation is 1. The predicted octanol–water partition coefficient (Wildman–Crippen LogP) is 5.82. The van der Waals surface area contributed by atoms with Crippen LogP contribution in [0.25, 0.3) is 22.8 Å². The minimum atomic E-state index is 0.218. The second kappa shape index (κ2) is 5.79. The van der Waals surface area contributed by atoms with E-state index in [1.54, 1.807) is 0 Å². The molecule has 0 saturated heterocycles. The van der Waals surface area contributed by atoms with Crippen molar-refractivity contribution in [2.24, 2.45) is 0 Å². The first-order valence-electron chi connectivity index (χ1n) is 8.48. The van der Waals surface area contributed by atoms with Gasteiger partial charge in [-0.15, -0.1) is 0 Å². The smallest absolute Gasteiger partial charge is 0.170 e. The van der Waals surface area contributed by atoms with Gasteiger partial charge in [-0.2, -0.15) is 8.75 Å². The van der Waals surface area contributed by atoms with Crippen LogP contribution in [0.3, 0.4) is 0 Å². The van der Waals surface area contributed by atoms with E-state index in [9.17, 15) is 0 Å². The van der Waals surface area contributed by atoms with Crippen LogP contribution in [-0.2, 0) is 12.8 Å². The van der Waals surface area contributed by atoms with Gasteiger partial charge in [0.1, 0.15) is 5.69 Å². The van der Waals surface area contributed by atoms with Crippen LogP contribution >= 0.6 is 23.3 Å². The van der Waals surface area contributed by atoms with Crippen molar-refractivity contribution < 1.29 is 0 Å². The molecule has 0 bridgehead atoms. The van der Waals surface area contributed by atoms with Gasteiger partial charge in [-0.3, -0.25) is 0 Å². The molecule has 1 radical (unpaired) electrons. The SMILES string of the molecule is [CH2]C1CC(c2nsnc2Cl)=Cc2c1ccc1c2CCc2ccccc2-1. The molecule has 0 amide bonds. The molecule has 5 rings (SSSR count). The van der Waals surface area contributed by atoms with E-state index in [2.05, 4.69) is 58.1 Å². The minimum absolute atomic E-state index is 0.218. The quantitative estimate of drug-likeness (QED) is 0.544. The highest BCUT2D eigenvalue weighted by Gasteiger charge is 2.26. The zero-order chi connectivity index (χ0) is 17.0. The van der Waals surface area contributed by atoms with Crippen LogP contribution in [0.5, 0.6) is 0 Å². The summed E-state index contributed by atoms with van der Waals surface area (Å²) in [4.78, 5) is 0. The van der Waals surface area contributed by atoms with Gasteiger partial charge in [0.25, 0.3) is 0 Å². The van der Waals surface area contributed by atoms with Crippen molar-refractivity contribution >= 4 is 35.0 Å². The standard InChI is InChI=1S/C21H16ClN2S/c1-12-10-14(20-21(22)24-25-23-20)11-19-15(12)8-9-17-16-5-3-2-4-13(16)6-7-18(17)19/h2-5,8-9,11-12H,1,6-7,10H2. The first-order valence-corrected chi connectivity index (χ1v) is 9.59. The second-order valence-electron chi connectivity index (χ2n) is 6.73. The Balaban J connectivity index is 1.73. The van der Waals surface area contributed by atoms with Crippen molar-refractivity contribution in [3.8, 4) is 11.1 Å². The topological polar surface area (TPSA) is 25.8 Å². The monoisotopic (exact) mass is 363 g/mol. The fourth-order valence-corrected chi connectivity index (χ4v) is 4.93. The molecule has 4 heteroatoms. The molecule has 0 aliphatic heterocycles. The van der Waals surface area contributed by atoms with Gasteiger partial charge in [0.2, 0.25) is 0 Å². The van der Waals surface area contributed by atoms with Crippen molar-refractivity contribution in [1.82, 2.24) is 8.75 Å². The minimum Gasteiger partial charge on any atom is -0.172 e. The highest BCUT2D eigenvalue weighted by molar-refractivity contribution is 6.99. The van der Waals surface area contributed by atoms with Gasteiger partial charge < -0.3 is 0 Å². The van der Waals surface area contributed by atoms with Crippen molar-refractivity contribution in [3.63, 3.8) is 0 Å². The summed E-state index contributed by atoms with van der Waals surface area (Å²) in [7, 11) is 0. The van der Waals surface area contributed by atoms with Crippen LogP contribution in [0.4, 0.5) is 0 Å². The summed E-state index contributed by atoms with van der Waals surface area (Å²) in [5.41, 5.74) is 10.2. The Bertz CT molecular complexity index is 1020. The number of benzene rings is 2. The largest absolute Gasteiger partial charge is 0.172 e. The summed E-state index contributed by atoms with van der Waals surface area (Å²) in [5, 5.41) is 0.502. The fraction of sp³-hybridized carbons (Fsp3) is 0.190. The maximum absolute atomic E-state index is 6.23. The number of fused-ring (bicyclic) bond motifs is 5. The lowest BCUT2D eigenvalue weighted by molar-refractivity contribution is 0.846. The molecule has 1 unspecified atom stereocenters. The zero-order valence-corrected chi connectivity index (χ0v) is 15.2. The average Bonchev–Trinajstić information content (AvgIpc) is 3.07. The van der Waals surface area contributed by atoms with Gasteiger partial charge in [0.05, 0.1) is 11.7 Å². The van der Waals surface area contributed by atoms with E-state index in [1.807, 2.05) is 0 Å². The average molecular weight is 364 g/mol. The van der Waals surface area contributed by atoms with Gasteiger partial charge >= 0.3 is 0 Å². The summed E-state index contributed by atoms with van der Waals surface area (Å²) < 4.78 is 8.52. The van der Waals surface area contributed by atoms with Crippen molar-refractivity contribution in [2.75, 3.05) is 0 Å². The Morgan fingerprint density at radius 1 is 1.04 bits per heavy atom. The summed E-state index contributed by atoms with van der Waals surface area (Å²) in [6.45, 7) is 4.39. The number of hydrogen-bond donors (Lipinski definition) is 0. The number of aromatic nitrogens is 2. The second-order valence-corrected chi connectivity index (χ2v) is 7.61. The third kappa shape index (κ3) is 2.37. The van der Waals surface area contributed by atoms with E-state index in [0.29, 0.717) is 5.15 Å². The highest BCUT2D eigenvalue weighted by Crippen LogP contribution is 2.44. The van der Waals surface area contributed by atoms with E-state index < -0.39 is 0 Å². The molecule has 0 fully saturated rings. The van der Waals surface area contributed by atoms with E-state index in [4.69, 9.17) is 11.6 Å². The van der Waals surface area contributed by atoms with Crippen LogP contribution in [0.1, 0.15) is 40.3 Å². The third-order valence-electron chi connectivity index (χ3n) is 5.32. The fourth-order valence-electron chi connectivity index (χ4n) is 4.13. The first-order chi connectivity index (χ1) is 12.2. The van der Waals surface area contributed by atoms with E-state index in [-0.39, 0.29) is 5.92 Å². The molecule has 123 valence electrons. The molecule has 2 nitrogen and oxygen atoms in total. The van der Waals surface area contributed by atoms with Crippen LogP contribution in [-0.4, -0.2) is 8.75 Å². The molecule has 1 heterocycles. The Labute approximate surface area is 156 Å². The van der Waals surface area contributed by atoms with E-state index in [0.717, 1.165) is 30.5 Å². The van der Waals surface area contributed by atoms with Crippen LogP contribution in [0, 0.1) is 6.92 Å². The van der Waals surface area contributed by atoms with Crippen LogP contribution in [0.15, 0.2) is 36.4 Å². The van der Waals surface area contributed by atoms with Crippen molar-refractivity contribution in [1.29, 1.82) is 0 Å². The number of rotatable bonds is 1. The predicted molar refractivity (Wildman–Crippen MR) is 105 cm³/mol. The third-order valence-corrected chi connectivity index (χ3v) is 6.21. The molecule has 3 aromatic rings. The maximum atomic E-state index is 6.23. The Morgan fingerprint density at radius 3 is 2.76 bits per heavy atom. The molecule has 0 N–H and O–H groups in total. The lowest BCUT2D eigenvalue weighted by Crippen LogP contribution is -2.12. The van der Waals surface area contributed by atoms with Crippen LogP contribution < -0.4 is 0 Å². The Hall–Kier alpha value is -1.97. The summed E-state index contributed by atoms with van der Waals surface area (Å²) in [6, 6.07) is 13.3. The molecule has 0 spiro atoms. The molecule has 2 aliphatic rings. The summed E-state index contributed by atoms with van der Waals surface area (Å²) in [6.07, 6.45) is 5.28. The van der Waals surface area contributed by atoms with Crippen molar-refractivity contribution in [2.45, 2.75) is 25.2 Å². The number of nitrogens with zero attached hydrogens (tertiary/aromatic N) is 2. The summed E-state index contributed by atoms with van der Waals surface area (Å²) >= 11 is 7.40. The molecule has 1 aromatic heterocycles. The lowest BCUT2D eigenvalue weighted by atomic mass is 9.76. The molecule has 2 aliphatic carbocycles. The number of hydrogen-bond acceptors (Lipinski definition) is 3. The molecule has 1 atom stereocenters. The molecular weight excluding hydrogens is 348 g/mol. The van der Waals surface area contributed by atoms with Gasteiger partial charge in [-0.25, -0.2) is 0 Å². The highest BCUT2D eigenvalue weighted by atomic mass is 35.5. The van der Waals surface area contributed by atoms with Gasteiger partial charge in [-0.1, -0.05) is 48.0 Å². The van der Waals surface area contributed by atoms with Crippen molar-refractivity contribution in [3.05, 3.63) is 76.4 Å². The Morgan fingerprint density at radius 2 is 1.92 bits per heavy atom. The van der Waals surface area contributed by atoms with E-state index in [1.165, 1.54) is 45.1 Å². The lowest BCUT2D eigenvalue weighted by Gasteiger charge is -2.28. The first kappa shape index (κ1) is 15.3. The molecule has 2 aromatic carbocycles. The zero-order valence-electron chi connectivity index (χ0n) is 13.6. The van der Waals surface area contributed by atoms with E-state index >= 15 is 0 Å². The maximum Gasteiger partial charge on any atom is 0.170 e. The van der Waals surface area contributed by atoms with Gasteiger partial charge in [-0.05, 0) is 77.1 Å². The Kier molecular flexibility index (Phi) is 3.54. The molecule has 0 saturated carbocycles. The van der Waals surface area contributed by atoms with Gasteiger partial charge in [0.15, 0.2) is 5.15 Å².